The van der Waals surface area contributed by atoms with Crippen molar-refractivity contribution in [3.63, 3.8) is 0 Å². The lowest BCUT2D eigenvalue weighted by Gasteiger charge is -2.35. The van der Waals surface area contributed by atoms with E-state index in [1.165, 1.54) is 6.07 Å². The van der Waals surface area contributed by atoms with Gasteiger partial charge < -0.3 is 16.2 Å². The smallest absolute Gasteiger partial charge is 0.337 e. The van der Waals surface area contributed by atoms with E-state index in [0.29, 0.717) is 18.8 Å². The zero-order valence-corrected chi connectivity index (χ0v) is 11.9. The van der Waals surface area contributed by atoms with Gasteiger partial charge in [-0.3, -0.25) is 4.79 Å². The number of rotatable bonds is 3. The third-order valence-electron chi connectivity index (χ3n) is 3.94. The van der Waals surface area contributed by atoms with E-state index in [2.05, 4.69) is 5.32 Å². The van der Waals surface area contributed by atoms with E-state index >= 15 is 0 Å². The number of benzene rings is 1. The highest BCUT2D eigenvalue weighted by atomic mass is 19.1. The zero-order valence-electron chi connectivity index (χ0n) is 11.9. The lowest BCUT2D eigenvalue weighted by Crippen LogP contribution is -2.53. The molecule has 1 amide bonds. The summed E-state index contributed by atoms with van der Waals surface area (Å²) < 4.78 is 13.1. The molecule has 1 aromatic carbocycles. The Morgan fingerprint density at radius 3 is 2.81 bits per heavy atom. The highest BCUT2D eigenvalue weighted by molar-refractivity contribution is 6.03. The van der Waals surface area contributed by atoms with E-state index < -0.39 is 23.2 Å². The number of nitrogens with one attached hydrogen (secondary N) is 1. The van der Waals surface area contributed by atoms with Gasteiger partial charge in [0.15, 0.2) is 0 Å². The Balaban J connectivity index is 2.21. The van der Waals surface area contributed by atoms with Crippen molar-refractivity contribution in [2.24, 2.45) is 11.7 Å². The minimum absolute atomic E-state index is 0.0666. The van der Waals surface area contributed by atoms with E-state index in [4.69, 9.17) is 10.8 Å². The number of carbonyl (C=O) groups is 2. The van der Waals surface area contributed by atoms with Gasteiger partial charge in [0, 0.05) is 0 Å². The maximum atomic E-state index is 13.1. The highest BCUT2D eigenvalue weighted by Gasteiger charge is 2.38. The second-order valence-corrected chi connectivity index (χ2v) is 5.81. The van der Waals surface area contributed by atoms with Gasteiger partial charge in [0.25, 0.3) is 0 Å². The lowest BCUT2D eigenvalue weighted by atomic mass is 9.76. The predicted octanol–water partition coefficient (Wildman–Crippen LogP) is 2.37. The monoisotopic (exact) mass is 294 g/mol. The summed E-state index contributed by atoms with van der Waals surface area (Å²) >= 11 is 0. The second kappa shape index (κ2) is 5.81. The SMILES string of the molecule is CC1CCCC(N)(C(=O)Nc2ccc(F)cc2C(=O)O)C1. The number of anilines is 1. The third kappa shape index (κ3) is 3.39. The Hall–Kier alpha value is -1.95. The number of carboxylic acids is 1. The van der Waals surface area contributed by atoms with E-state index in [-0.39, 0.29) is 11.3 Å². The molecule has 21 heavy (non-hydrogen) atoms. The van der Waals surface area contributed by atoms with Crippen molar-refractivity contribution in [3.05, 3.63) is 29.6 Å². The van der Waals surface area contributed by atoms with Gasteiger partial charge in [-0.1, -0.05) is 19.8 Å². The topological polar surface area (TPSA) is 92.4 Å². The lowest BCUT2D eigenvalue weighted by molar-refractivity contribution is -0.122. The molecule has 0 heterocycles. The number of carbonyl (C=O) groups excluding carboxylic acids is 1. The molecular weight excluding hydrogens is 275 g/mol. The first-order valence-electron chi connectivity index (χ1n) is 6.95. The van der Waals surface area contributed by atoms with Crippen LogP contribution < -0.4 is 11.1 Å². The molecule has 0 bridgehead atoms. The maximum absolute atomic E-state index is 13.1. The molecule has 2 rings (SSSR count). The molecule has 1 aromatic rings. The molecule has 2 atom stereocenters. The molecule has 114 valence electrons. The number of hydrogen-bond donors (Lipinski definition) is 3. The van der Waals surface area contributed by atoms with Crippen molar-refractivity contribution < 1.29 is 19.1 Å². The summed E-state index contributed by atoms with van der Waals surface area (Å²) in [6.45, 7) is 2.04. The molecule has 6 heteroatoms. The number of nitrogens with two attached hydrogens (primary N) is 1. The predicted molar refractivity (Wildman–Crippen MR) is 76.5 cm³/mol. The average molecular weight is 294 g/mol. The summed E-state index contributed by atoms with van der Waals surface area (Å²) in [6, 6.07) is 3.23. The number of carboxylic acid groups (broad SMARTS) is 1. The first-order valence-corrected chi connectivity index (χ1v) is 6.95. The number of hydrogen-bond acceptors (Lipinski definition) is 3. The Kier molecular flexibility index (Phi) is 4.27. The molecule has 0 aliphatic heterocycles. The quantitative estimate of drug-likeness (QED) is 0.798. The van der Waals surface area contributed by atoms with Gasteiger partial charge in [-0.15, -0.1) is 0 Å². The maximum Gasteiger partial charge on any atom is 0.337 e. The Morgan fingerprint density at radius 1 is 1.48 bits per heavy atom. The Bertz CT molecular complexity index is 576. The van der Waals surface area contributed by atoms with E-state index in [1.807, 2.05) is 6.92 Å². The minimum atomic E-state index is -1.30. The number of aromatic carboxylic acids is 1. The van der Waals surface area contributed by atoms with Gasteiger partial charge in [0.05, 0.1) is 16.8 Å². The molecule has 1 aliphatic rings. The molecule has 2 unspecified atom stereocenters. The summed E-state index contributed by atoms with van der Waals surface area (Å²) in [5.74, 6) is -2.03. The van der Waals surface area contributed by atoms with Gasteiger partial charge in [-0.05, 0) is 37.0 Å². The van der Waals surface area contributed by atoms with Crippen molar-refractivity contribution >= 4 is 17.6 Å². The largest absolute Gasteiger partial charge is 0.478 e. The summed E-state index contributed by atoms with van der Waals surface area (Å²) in [4.78, 5) is 23.5. The molecule has 1 fully saturated rings. The van der Waals surface area contributed by atoms with Gasteiger partial charge in [0.1, 0.15) is 5.82 Å². The number of halogens is 1. The molecule has 0 radical (unpaired) electrons. The normalized spacial score (nSPS) is 25.4. The fourth-order valence-electron chi connectivity index (χ4n) is 2.85. The molecule has 1 saturated carbocycles. The molecule has 1 aliphatic carbocycles. The third-order valence-corrected chi connectivity index (χ3v) is 3.94. The molecular formula is C15H19FN2O3. The Morgan fingerprint density at radius 2 is 2.19 bits per heavy atom. The van der Waals surface area contributed by atoms with Crippen LogP contribution in [0.4, 0.5) is 10.1 Å². The fourth-order valence-corrected chi connectivity index (χ4v) is 2.85. The van der Waals surface area contributed by atoms with E-state index in [0.717, 1.165) is 25.0 Å². The van der Waals surface area contributed by atoms with Gasteiger partial charge in [-0.25, -0.2) is 9.18 Å². The van der Waals surface area contributed by atoms with Crippen molar-refractivity contribution in [2.45, 2.75) is 38.1 Å². The van der Waals surface area contributed by atoms with Crippen LogP contribution in [0.15, 0.2) is 18.2 Å². The highest BCUT2D eigenvalue weighted by Crippen LogP contribution is 2.31. The number of amides is 1. The molecule has 4 N–H and O–H groups in total. The standard InChI is InChI=1S/C15H19FN2O3/c1-9-3-2-6-15(17,8-9)14(21)18-12-5-4-10(16)7-11(12)13(19)20/h4-5,7,9H,2-3,6,8,17H2,1H3,(H,18,21)(H,19,20). The first-order chi connectivity index (χ1) is 9.82. The van der Waals surface area contributed by atoms with Gasteiger partial charge in [0.2, 0.25) is 5.91 Å². The van der Waals surface area contributed by atoms with Crippen LogP contribution in [-0.2, 0) is 4.79 Å². The summed E-state index contributed by atoms with van der Waals surface area (Å²) in [5, 5.41) is 11.6. The van der Waals surface area contributed by atoms with Crippen LogP contribution in [-0.4, -0.2) is 22.5 Å². The van der Waals surface area contributed by atoms with Gasteiger partial charge >= 0.3 is 5.97 Å². The second-order valence-electron chi connectivity index (χ2n) is 5.81. The van der Waals surface area contributed by atoms with E-state index in [9.17, 15) is 14.0 Å². The van der Waals surface area contributed by atoms with Crippen LogP contribution in [0.1, 0.15) is 43.0 Å². The van der Waals surface area contributed by atoms with Crippen LogP contribution in [0, 0.1) is 11.7 Å². The fraction of sp³-hybridized carbons (Fsp3) is 0.467. The van der Waals surface area contributed by atoms with Crippen LogP contribution >= 0.6 is 0 Å². The first kappa shape index (κ1) is 15.4. The summed E-state index contributed by atoms with van der Waals surface area (Å²) in [6.07, 6.45) is 3.01. The molecule has 0 spiro atoms. The van der Waals surface area contributed by atoms with Crippen LogP contribution in [0.5, 0.6) is 0 Å². The van der Waals surface area contributed by atoms with Crippen LogP contribution in [0.25, 0.3) is 0 Å². The molecule has 0 saturated heterocycles. The van der Waals surface area contributed by atoms with Crippen LogP contribution in [0.2, 0.25) is 0 Å². The van der Waals surface area contributed by atoms with Crippen molar-refractivity contribution in [1.29, 1.82) is 0 Å². The Labute approximate surface area is 122 Å². The van der Waals surface area contributed by atoms with E-state index in [1.54, 1.807) is 0 Å². The molecule has 0 aromatic heterocycles. The summed E-state index contributed by atoms with van der Waals surface area (Å²) in [5.41, 5.74) is 4.95. The van der Waals surface area contributed by atoms with Crippen LogP contribution in [0.3, 0.4) is 0 Å². The minimum Gasteiger partial charge on any atom is -0.478 e. The summed E-state index contributed by atoms with van der Waals surface area (Å²) in [7, 11) is 0. The average Bonchev–Trinajstić information content (AvgIpc) is 2.40. The van der Waals surface area contributed by atoms with Crippen molar-refractivity contribution in [2.75, 3.05) is 5.32 Å². The van der Waals surface area contributed by atoms with Gasteiger partial charge in [-0.2, -0.15) is 0 Å². The van der Waals surface area contributed by atoms with Crippen molar-refractivity contribution in [1.82, 2.24) is 0 Å². The zero-order chi connectivity index (χ0) is 15.6. The molecule has 5 nitrogen and oxygen atoms in total. The van der Waals surface area contributed by atoms with Crippen molar-refractivity contribution in [3.8, 4) is 0 Å².